The highest BCUT2D eigenvalue weighted by atomic mass is 32.2. The van der Waals surface area contributed by atoms with E-state index < -0.39 is 0 Å². The fourth-order valence-corrected chi connectivity index (χ4v) is 2.30. The summed E-state index contributed by atoms with van der Waals surface area (Å²) in [5.74, 6) is 0.824. The summed E-state index contributed by atoms with van der Waals surface area (Å²) in [6, 6.07) is 7.60. The van der Waals surface area contributed by atoms with Gasteiger partial charge in [0.15, 0.2) is 0 Å². The van der Waals surface area contributed by atoms with Crippen LogP contribution in [0.1, 0.15) is 11.5 Å². The lowest BCUT2D eigenvalue weighted by molar-refractivity contribution is 0.181. The van der Waals surface area contributed by atoms with Crippen LogP contribution in [0.2, 0.25) is 0 Å². The molecule has 0 spiro atoms. The highest BCUT2D eigenvalue weighted by Crippen LogP contribution is 2.21. The van der Waals surface area contributed by atoms with Gasteiger partial charge in [0, 0.05) is 18.1 Å². The molecule has 0 radical (unpaired) electrons. The Hall–Kier alpha value is -1.66. The van der Waals surface area contributed by atoms with Gasteiger partial charge >= 0.3 is 0 Å². The highest BCUT2D eigenvalue weighted by Gasteiger charge is 2.03. The zero-order chi connectivity index (χ0) is 13.7. The topological polar surface area (TPSA) is 55.0 Å². The average Bonchev–Trinajstić information content (AvgIpc) is 2.38. The maximum absolute atomic E-state index is 12.8. The van der Waals surface area contributed by atoms with Crippen molar-refractivity contribution in [2.24, 2.45) is 0 Å². The quantitative estimate of drug-likeness (QED) is 0.854. The molecule has 0 fully saturated rings. The zero-order valence-electron chi connectivity index (χ0n) is 10.4. The van der Waals surface area contributed by atoms with Gasteiger partial charge in [0.1, 0.15) is 11.6 Å². The number of nitrogens with one attached hydrogen (secondary N) is 1. The Morgan fingerprint density at radius 1 is 1.37 bits per heavy atom. The number of hydrogen-bond donors (Lipinski definition) is 1. The van der Waals surface area contributed by atoms with E-state index in [2.05, 4.69) is 9.97 Å². The third-order valence-corrected chi connectivity index (χ3v) is 3.35. The van der Waals surface area contributed by atoms with Crippen LogP contribution in [0.15, 0.2) is 40.0 Å². The summed E-state index contributed by atoms with van der Waals surface area (Å²) in [5, 5.41) is 0. The summed E-state index contributed by atoms with van der Waals surface area (Å²) in [5.41, 5.74) is 0.401. The molecule has 0 aliphatic heterocycles. The molecule has 1 aromatic carbocycles. The van der Waals surface area contributed by atoms with Crippen LogP contribution in [-0.4, -0.2) is 17.1 Å². The summed E-state index contributed by atoms with van der Waals surface area (Å²) >= 11 is 1.48. The molecule has 0 unspecified atom stereocenters. The SMILES string of the molecule is COCc1cc(=O)[nH]c(CSc2ccc(F)cc2)n1. The highest BCUT2D eigenvalue weighted by molar-refractivity contribution is 7.98. The molecule has 0 atom stereocenters. The van der Waals surface area contributed by atoms with Gasteiger partial charge in [-0.15, -0.1) is 11.8 Å². The molecule has 100 valence electrons. The minimum Gasteiger partial charge on any atom is -0.378 e. The number of aromatic nitrogens is 2. The second-order valence-electron chi connectivity index (χ2n) is 3.86. The molecule has 0 saturated carbocycles. The van der Waals surface area contributed by atoms with Crippen molar-refractivity contribution >= 4 is 11.8 Å². The van der Waals surface area contributed by atoms with Crippen LogP contribution >= 0.6 is 11.8 Å². The minimum atomic E-state index is -0.266. The molecule has 0 bridgehead atoms. The van der Waals surface area contributed by atoms with Crippen molar-refractivity contribution in [2.75, 3.05) is 7.11 Å². The molecule has 1 N–H and O–H groups in total. The molecule has 19 heavy (non-hydrogen) atoms. The summed E-state index contributed by atoms with van der Waals surface area (Å²) < 4.78 is 17.7. The number of thioether (sulfide) groups is 1. The van der Waals surface area contributed by atoms with Gasteiger partial charge in [0.05, 0.1) is 18.1 Å². The van der Waals surface area contributed by atoms with E-state index in [0.29, 0.717) is 23.9 Å². The summed E-state index contributed by atoms with van der Waals surface area (Å²) in [6.45, 7) is 0.304. The van der Waals surface area contributed by atoms with E-state index in [9.17, 15) is 9.18 Å². The van der Waals surface area contributed by atoms with Crippen LogP contribution in [0, 0.1) is 5.82 Å². The first-order valence-electron chi connectivity index (χ1n) is 5.64. The standard InChI is InChI=1S/C13H13FN2O2S/c1-18-7-10-6-13(17)16-12(15-10)8-19-11-4-2-9(14)3-5-11/h2-6H,7-8H2,1H3,(H,15,16,17). The number of H-pyrrole nitrogens is 1. The third kappa shape index (κ3) is 4.18. The molecule has 0 saturated heterocycles. The van der Waals surface area contributed by atoms with Gasteiger partial charge in [-0.1, -0.05) is 0 Å². The predicted octanol–water partition coefficient (Wildman–Crippen LogP) is 2.35. The van der Waals surface area contributed by atoms with E-state index in [1.165, 1.54) is 30.0 Å². The van der Waals surface area contributed by atoms with E-state index >= 15 is 0 Å². The smallest absolute Gasteiger partial charge is 0.251 e. The second kappa shape index (κ2) is 6.49. The molecule has 0 amide bonds. The lowest BCUT2D eigenvalue weighted by Crippen LogP contribution is -2.12. The number of aromatic amines is 1. The molecule has 1 heterocycles. The largest absolute Gasteiger partial charge is 0.378 e. The Bertz CT molecular complexity index is 598. The maximum Gasteiger partial charge on any atom is 0.251 e. The van der Waals surface area contributed by atoms with Gasteiger partial charge in [-0.25, -0.2) is 9.37 Å². The summed E-state index contributed by atoms with van der Waals surface area (Å²) in [4.78, 5) is 19.3. The Morgan fingerprint density at radius 3 is 2.79 bits per heavy atom. The molecular formula is C13H13FN2O2S. The number of ether oxygens (including phenoxy) is 1. The Labute approximate surface area is 114 Å². The van der Waals surface area contributed by atoms with Gasteiger partial charge in [0.2, 0.25) is 0 Å². The average molecular weight is 280 g/mol. The minimum absolute atomic E-state index is 0.197. The Balaban J connectivity index is 2.06. The van der Waals surface area contributed by atoms with E-state index in [4.69, 9.17) is 4.74 Å². The summed E-state index contributed by atoms with van der Waals surface area (Å²) in [6.07, 6.45) is 0. The number of methoxy groups -OCH3 is 1. The molecule has 6 heteroatoms. The van der Waals surface area contributed by atoms with Crippen molar-refractivity contribution in [3.63, 3.8) is 0 Å². The number of rotatable bonds is 5. The number of halogens is 1. The Kier molecular flexibility index (Phi) is 4.70. The molecule has 0 aliphatic rings. The van der Waals surface area contributed by atoms with Gasteiger partial charge in [-0.2, -0.15) is 0 Å². The molecule has 1 aromatic heterocycles. The zero-order valence-corrected chi connectivity index (χ0v) is 11.2. The molecular weight excluding hydrogens is 267 g/mol. The number of nitrogens with zero attached hydrogens (tertiary/aromatic N) is 1. The fourth-order valence-electron chi connectivity index (χ4n) is 1.54. The van der Waals surface area contributed by atoms with E-state index in [1.54, 1.807) is 19.2 Å². The molecule has 2 aromatic rings. The maximum atomic E-state index is 12.8. The van der Waals surface area contributed by atoms with Gasteiger partial charge in [-0.3, -0.25) is 4.79 Å². The number of hydrogen-bond acceptors (Lipinski definition) is 4. The van der Waals surface area contributed by atoms with Crippen molar-refractivity contribution in [1.29, 1.82) is 0 Å². The van der Waals surface area contributed by atoms with E-state index in [1.807, 2.05) is 0 Å². The first kappa shape index (κ1) is 13.8. The Morgan fingerprint density at radius 2 is 2.11 bits per heavy atom. The van der Waals surface area contributed by atoms with Crippen LogP contribution in [0.4, 0.5) is 4.39 Å². The molecule has 2 rings (SSSR count). The second-order valence-corrected chi connectivity index (χ2v) is 4.91. The van der Waals surface area contributed by atoms with Crippen molar-refractivity contribution in [2.45, 2.75) is 17.3 Å². The lowest BCUT2D eigenvalue weighted by atomic mass is 10.4. The van der Waals surface area contributed by atoms with Crippen molar-refractivity contribution in [3.05, 3.63) is 58.0 Å². The monoisotopic (exact) mass is 280 g/mol. The third-order valence-electron chi connectivity index (χ3n) is 2.33. The van der Waals surface area contributed by atoms with E-state index in [-0.39, 0.29) is 11.4 Å². The normalized spacial score (nSPS) is 10.6. The molecule has 4 nitrogen and oxygen atoms in total. The first-order valence-corrected chi connectivity index (χ1v) is 6.62. The van der Waals surface area contributed by atoms with E-state index in [0.717, 1.165) is 4.90 Å². The summed E-state index contributed by atoms with van der Waals surface area (Å²) in [7, 11) is 1.55. The van der Waals surface area contributed by atoms with Gasteiger partial charge < -0.3 is 9.72 Å². The first-order chi connectivity index (χ1) is 9.17. The lowest BCUT2D eigenvalue weighted by Gasteiger charge is -2.04. The predicted molar refractivity (Wildman–Crippen MR) is 71.5 cm³/mol. The van der Waals surface area contributed by atoms with Gasteiger partial charge in [0.25, 0.3) is 5.56 Å². The van der Waals surface area contributed by atoms with Crippen molar-refractivity contribution in [3.8, 4) is 0 Å². The van der Waals surface area contributed by atoms with Crippen LogP contribution in [0.25, 0.3) is 0 Å². The van der Waals surface area contributed by atoms with Crippen LogP contribution in [-0.2, 0) is 17.1 Å². The van der Waals surface area contributed by atoms with Crippen LogP contribution in [0.3, 0.4) is 0 Å². The van der Waals surface area contributed by atoms with Crippen molar-refractivity contribution in [1.82, 2.24) is 9.97 Å². The fraction of sp³-hybridized carbons (Fsp3) is 0.231. The van der Waals surface area contributed by atoms with Crippen LogP contribution in [0.5, 0.6) is 0 Å². The van der Waals surface area contributed by atoms with Gasteiger partial charge in [-0.05, 0) is 24.3 Å². The number of benzene rings is 1. The van der Waals surface area contributed by atoms with Crippen LogP contribution < -0.4 is 5.56 Å². The van der Waals surface area contributed by atoms with Crippen molar-refractivity contribution < 1.29 is 9.13 Å². The molecule has 0 aliphatic carbocycles.